The number of ketones is 1. The Morgan fingerprint density at radius 1 is 1.32 bits per heavy atom. The van der Waals surface area contributed by atoms with E-state index in [-0.39, 0.29) is 37.3 Å². The molecule has 0 saturated carbocycles. The summed E-state index contributed by atoms with van der Waals surface area (Å²) in [4.78, 5) is 36.6. The molecule has 1 unspecified atom stereocenters. The molecule has 1 amide bonds. The van der Waals surface area contributed by atoms with Gasteiger partial charge in [-0.2, -0.15) is 0 Å². The van der Waals surface area contributed by atoms with Gasteiger partial charge in [0.2, 0.25) is 5.91 Å². The minimum Gasteiger partial charge on any atom is -0.466 e. The van der Waals surface area contributed by atoms with Crippen molar-refractivity contribution in [3.63, 3.8) is 0 Å². The Labute approximate surface area is 113 Å². The Balaban J connectivity index is 2.50. The summed E-state index contributed by atoms with van der Waals surface area (Å²) in [7, 11) is 1.59. The van der Waals surface area contributed by atoms with Gasteiger partial charge in [-0.05, 0) is 26.3 Å². The van der Waals surface area contributed by atoms with Crippen LogP contribution in [0.5, 0.6) is 0 Å². The first-order chi connectivity index (χ1) is 9.08. The van der Waals surface area contributed by atoms with Gasteiger partial charge in [0.05, 0.1) is 19.2 Å². The van der Waals surface area contributed by atoms with Gasteiger partial charge >= 0.3 is 5.97 Å². The van der Waals surface area contributed by atoms with E-state index < -0.39 is 5.97 Å². The zero-order chi connectivity index (χ0) is 14.3. The van der Waals surface area contributed by atoms with Crippen LogP contribution in [-0.2, 0) is 19.1 Å². The Morgan fingerprint density at radius 2 is 2.05 bits per heavy atom. The number of hydrogen-bond acceptors (Lipinski definition) is 5. The Bertz CT molecular complexity index is 344. The monoisotopic (exact) mass is 270 g/mol. The highest BCUT2D eigenvalue weighted by molar-refractivity contribution is 5.97. The first-order valence-corrected chi connectivity index (χ1v) is 6.71. The fourth-order valence-corrected chi connectivity index (χ4v) is 2.30. The first kappa shape index (κ1) is 15.6. The zero-order valence-corrected chi connectivity index (χ0v) is 11.6. The molecule has 0 aromatic rings. The summed E-state index contributed by atoms with van der Waals surface area (Å²) < 4.78 is 4.74. The molecule has 0 aromatic heterocycles. The number of esters is 1. The number of carbonyl (C=O) groups is 3. The molecular formula is C13H22N2O4. The maximum Gasteiger partial charge on any atom is 0.313 e. The number of hydrogen-bond donors (Lipinski definition) is 1. The minimum absolute atomic E-state index is 0.0661. The van der Waals surface area contributed by atoms with Crippen molar-refractivity contribution in [2.75, 3.05) is 26.7 Å². The van der Waals surface area contributed by atoms with Gasteiger partial charge in [-0.3, -0.25) is 19.3 Å². The molecule has 1 saturated heterocycles. The standard InChI is InChI=1S/C13H22N2O4/c1-3-19-12(17)8-10(16)9-15-7-5-4-6-11(15)13(18)14-2/h11H,3-9H2,1-2H3,(H,14,18). The van der Waals surface area contributed by atoms with E-state index in [9.17, 15) is 14.4 Å². The molecule has 1 heterocycles. The van der Waals surface area contributed by atoms with Gasteiger partial charge in [0.25, 0.3) is 0 Å². The molecule has 6 heteroatoms. The molecular weight excluding hydrogens is 248 g/mol. The lowest BCUT2D eigenvalue weighted by Crippen LogP contribution is -2.50. The fraction of sp³-hybridized carbons (Fsp3) is 0.769. The summed E-state index contributed by atoms with van der Waals surface area (Å²) in [5.74, 6) is -0.765. The number of piperidine rings is 1. The molecule has 0 radical (unpaired) electrons. The predicted molar refractivity (Wildman–Crippen MR) is 69.5 cm³/mol. The van der Waals surface area contributed by atoms with Crippen molar-refractivity contribution in [3.8, 4) is 0 Å². The molecule has 19 heavy (non-hydrogen) atoms. The fourth-order valence-electron chi connectivity index (χ4n) is 2.30. The van der Waals surface area contributed by atoms with Gasteiger partial charge in [0.15, 0.2) is 5.78 Å². The second kappa shape index (κ2) is 7.89. The number of nitrogens with one attached hydrogen (secondary N) is 1. The molecule has 0 aromatic carbocycles. The molecule has 1 N–H and O–H groups in total. The summed E-state index contributed by atoms with van der Waals surface area (Å²) in [6, 6.07) is -0.259. The minimum atomic E-state index is -0.499. The van der Waals surface area contributed by atoms with Crippen molar-refractivity contribution >= 4 is 17.7 Å². The number of rotatable bonds is 6. The van der Waals surface area contributed by atoms with Crippen LogP contribution < -0.4 is 5.32 Å². The van der Waals surface area contributed by atoms with Crippen LogP contribution in [0, 0.1) is 0 Å². The second-order valence-electron chi connectivity index (χ2n) is 4.62. The SMILES string of the molecule is CCOC(=O)CC(=O)CN1CCCCC1C(=O)NC. The molecule has 108 valence electrons. The quantitative estimate of drug-likeness (QED) is 0.547. The highest BCUT2D eigenvalue weighted by atomic mass is 16.5. The lowest BCUT2D eigenvalue weighted by Gasteiger charge is -2.33. The van der Waals surface area contributed by atoms with Gasteiger partial charge in [-0.15, -0.1) is 0 Å². The van der Waals surface area contributed by atoms with E-state index in [0.29, 0.717) is 6.54 Å². The Morgan fingerprint density at radius 3 is 2.68 bits per heavy atom. The lowest BCUT2D eigenvalue weighted by molar-refractivity contribution is -0.145. The van der Waals surface area contributed by atoms with Gasteiger partial charge in [0.1, 0.15) is 6.42 Å². The lowest BCUT2D eigenvalue weighted by atomic mass is 10.0. The molecule has 1 aliphatic rings. The highest BCUT2D eigenvalue weighted by Gasteiger charge is 2.29. The molecule has 1 atom stereocenters. The van der Waals surface area contributed by atoms with Crippen molar-refractivity contribution in [2.24, 2.45) is 0 Å². The van der Waals surface area contributed by atoms with E-state index in [1.165, 1.54) is 0 Å². The van der Waals surface area contributed by atoms with Crippen molar-refractivity contribution in [1.82, 2.24) is 10.2 Å². The van der Waals surface area contributed by atoms with E-state index in [2.05, 4.69) is 5.32 Å². The number of likely N-dealkylation sites (tertiary alicyclic amines) is 1. The number of ether oxygens (including phenoxy) is 1. The van der Waals surface area contributed by atoms with E-state index in [0.717, 1.165) is 19.3 Å². The summed E-state index contributed by atoms with van der Waals surface area (Å²) in [6.07, 6.45) is 2.50. The van der Waals surface area contributed by atoms with Gasteiger partial charge in [0, 0.05) is 7.05 Å². The van der Waals surface area contributed by atoms with Crippen molar-refractivity contribution in [2.45, 2.75) is 38.6 Å². The van der Waals surface area contributed by atoms with Gasteiger partial charge < -0.3 is 10.1 Å². The van der Waals surface area contributed by atoms with Gasteiger partial charge in [-0.25, -0.2) is 0 Å². The predicted octanol–water partition coefficient (Wildman–Crippen LogP) is 0.109. The van der Waals surface area contributed by atoms with Crippen LogP contribution >= 0.6 is 0 Å². The van der Waals surface area contributed by atoms with Crippen molar-refractivity contribution < 1.29 is 19.1 Å². The van der Waals surface area contributed by atoms with Crippen LogP contribution in [-0.4, -0.2) is 55.3 Å². The summed E-state index contributed by atoms with van der Waals surface area (Å²) >= 11 is 0. The van der Waals surface area contributed by atoms with E-state index in [1.54, 1.807) is 14.0 Å². The third-order valence-electron chi connectivity index (χ3n) is 3.19. The molecule has 1 aliphatic heterocycles. The van der Waals surface area contributed by atoms with Gasteiger partial charge in [-0.1, -0.05) is 6.42 Å². The van der Waals surface area contributed by atoms with E-state index in [4.69, 9.17) is 4.74 Å². The van der Waals surface area contributed by atoms with Crippen molar-refractivity contribution in [3.05, 3.63) is 0 Å². The number of Topliss-reactive ketones (excluding diaryl/α,β-unsaturated/α-hetero) is 1. The maximum atomic E-state index is 11.8. The molecule has 0 bridgehead atoms. The second-order valence-corrected chi connectivity index (χ2v) is 4.62. The number of likely N-dealkylation sites (N-methyl/N-ethyl adjacent to an activating group) is 1. The maximum absolute atomic E-state index is 11.8. The summed E-state index contributed by atoms with van der Waals surface area (Å²) in [5.41, 5.74) is 0. The molecule has 1 rings (SSSR count). The van der Waals surface area contributed by atoms with E-state index >= 15 is 0 Å². The molecule has 1 fully saturated rings. The third-order valence-corrected chi connectivity index (χ3v) is 3.19. The van der Waals surface area contributed by atoms with Crippen LogP contribution in [0.15, 0.2) is 0 Å². The normalized spacial score (nSPS) is 19.8. The van der Waals surface area contributed by atoms with E-state index in [1.807, 2.05) is 4.90 Å². The number of amides is 1. The summed E-state index contributed by atoms with van der Waals surface area (Å²) in [6.45, 7) is 2.83. The van der Waals surface area contributed by atoms with Crippen LogP contribution in [0.4, 0.5) is 0 Å². The van der Waals surface area contributed by atoms with Crippen molar-refractivity contribution in [1.29, 1.82) is 0 Å². The average molecular weight is 270 g/mol. The topological polar surface area (TPSA) is 75.7 Å². The number of nitrogens with zero attached hydrogens (tertiary/aromatic N) is 1. The van der Waals surface area contributed by atoms with Crippen LogP contribution in [0.3, 0.4) is 0 Å². The zero-order valence-electron chi connectivity index (χ0n) is 11.6. The molecule has 0 aliphatic carbocycles. The smallest absolute Gasteiger partial charge is 0.313 e. The van der Waals surface area contributed by atoms with Crippen LogP contribution in [0.25, 0.3) is 0 Å². The largest absolute Gasteiger partial charge is 0.466 e. The summed E-state index contributed by atoms with van der Waals surface area (Å²) in [5, 5.41) is 2.62. The first-order valence-electron chi connectivity index (χ1n) is 6.71. The highest BCUT2D eigenvalue weighted by Crippen LogP contribution is 2.17. The molecule has 6 nitrogen and oxygen atoms in total. The Hall–Kier alpha value is -1.43. The Kier molecular flexibility index (Phi) is 6.49. The average Bonchev–Trinajstić information content (AvgIpc) is 2.38. The number of carbonyl (C=O) groups excluding carboxylic acids is 3. The van der Waals surface area contributed by atoms with Crippen LogP contribution in [0.1, 0.15) is 32.6 Å². The molecule has 0 spiro atoms. The van der Waals surface area contributed by atoms with Crippen LogP contribution in [0.2, 0.25) is 0 Å². The third kappa shape index (κ3) is 4.98.